The van der Waals surface area contributed by atoms with Crippen LogP contribution in [-0.4, -0.2) is 25.5 Å². The summed E-state index contributed by atoms with van der Waals surface area (Å²) in [4.78, 5) is 0. The third-order valence-electron chi connectivity index (χ3n) is 4.03. The highest BCUT2D eigenvalue weighted by molar-refractivity contribution is 7.91. The van der Waals surface area contributed by atoms with Crippen LogP contribution in [0.5, 0.6) is 0 Å². The lowest BCUT2D eigenvalue weighted by Gasteiger charge is -2.41. The Morgan fingerprint density at radius 2 is 1.59 bits per heavy atom. The number of sulfone groups is 1. The van der Waals surface area contributed by atoms with Gasteiger partial charge in [0.25, 0.3) is 0 Å². The molecule has 0 aromatic heterocycles. The molecule has 0 aliphatic heterocycles. The third kappa shape index (κ3) is 4.96. The van der Waals surface area contributed by atoms with Crippen molar-refractivity contribution in [1.82, 2.24) is 0 Å². The first-order chi connectivity index (χ1) is 7.68. The second kappa shape index (κ2) is 5.27. The van der Waals surface area contributed by atoms with Gasteiger partial charge in [-0.25, -0.2) is 8.42 Å². The van der Waals surface area contributed by atoms with Crippen LogP contribution >= 0.6 is 0 Å². The molecule has 0 unspecified atom stereocenters. The molecule has 0 bridgehead atoms. The van der Waals surface area contributed by atoms with Gasteiger partial charge in [0, 0.05) is 11.3 Å². The normalized spacial score (nSPS) is 23.5. The molecule has 102 valence electrons. The molecule has 4 heteroatoms. The van der Waals surface area contributed by atoms with E-state index in [0.717, 1.165) is 25.7 Å². The van der Waals surface area contributed by atoms with E-state index in [1.807, 2.05) is 6.92 Å². The minimum Gasteiger partial charge on any atom is -0.325 e. The van der Waals surface area contributed by atoms with Gasteiger partial charge in [0.05, 0.1) is 5.75 Å². The average molecular weight is 261 g/mol. The summed E-state index contributed by atoms with van der Waals surface area (Å²) < 4.78 is 23.4. The van der Waals surface area contributed by atoms with Gasteiger partial charge in [0.15, 0.2) is 0 Å². The minimum absolute atomic E-state index is 0.240. The molecule has 1 saturated carbocycles. The van der Waals surface area contributed by atoms with Crippen LogP contribution < -0.4 is 5.73 Å². The van der Waals surface area contributed by atoms with Crippen LogP contribution in [0.15, 0.2) is 0 Å². The van der Waals surface area contributed by atoms with Crippen molar-refractivity contribution in [3.8, 4) is 0 Å². The highest BCUT2D eigenvalue weighted by atomic mass is 32.2. The molecule has 0 amide bonds. The largest absolute Gasteiger partial charge is 0.325 e. The molecule has 1 aliphatic rings. The van der Waals surface area contributed by atoms with E-state index < -0.39 is 9.84 Å². The van der Waals surface area contributed by atoms with E-state index in [9.17, 15) is 8.42 Å². The summed E-state index contributed by atoms with van der Waals surface area (Å²) in [6.45, 7) is 6.43. The van der Waals surface area contributed by atoms with E-state index in [1.54, 1.807) is 0 Å². The maximum Gasteiger partial charge on any atom is 0.150 e. The zero-order chi connectivity index (χ0) is 13.2. The third-order valence-corrected chi connectivity index (χ3v) is 5.88. The second-order valence-electron chi connectivity index (χ2n) is 6.43. The molecular weight excluding hydrogens is 234 g/mol. The molecule has 3 nitrogen and oxygen atoms in total. The fourth-order valence-electron chi connectivity index (χ4n) is 2.45. The molecular formula is C13H27NO2S. The summed E-state index contributed by atoms with van der Waals surface area (Å²) in [7, 11) is -2.88. The van der Waals surface area contributed by atoms with Crippen molar-refractivity contribution in [1.29, 1.82) is 0 Å². The molecule has 0 radical (unpaired) electrons. The maximum absolute atomic E-state index is 11.7. The van der Waals surface area contributed by atoms with Crippen LogP contribution in [0.4, 0.5) is 0 Å². The summed E-state index contributed by atoms with van der Waals surface area (Å²) in [5.41, 5.74) is 6.46. The van der Waals surface area contributed by atoms with Gasteiger partial charge < -0.3 is 5.73 Å². The highest BCUT2D eigenvalue weighted by Gasteiger charge is 2.35. The quantitative estimate of drug-likeness (QED) is 0.827. The van der Waals surface area contributed by atoms with Crippen LogP contribution in [0.3, 0.4) is 0 Å². The molecule has 2 N–H and O–H groups in total. The first-order valence-electron chi connectivity index (χ1n) is 6.67. The molecule has 0 aromatic carbocycles. The highest BCUT2D eigenvalue weighted by Crippen LogP contribution is 2.40. The molecule has 17 heavy (non-hydrogen) atoms. The molecule has 0 saturated heterocycles. The van der Waals surface area contributed by atoms with Crippen LogP contribution in [0.25, 0.3) is 0 Å². The number of hydrogen-bond acceptors (Lipinski definition) is 3. The van der Waals surface area contributed by atoms with E-state index in [2.05, 4.69) is 13.8 Å². The standard InChI is InChI=1S/C13H27NO2S/c1-4-10-17(15,16)11-9-13(14)7-5-12(2,3)6-8-13/h4-11,14H2,1-3H3. The average Bonchev–Trinajstić information content (AvgIpc) is 2.21. The molecule has 1 aliphatic carbocycles. The summed E-state index contributed by atoms with van der Waals surface area (Å²) in [5, 5.41) is 0. The summed E-state index contributed by atoms with van der Waals surface area (Å²) in [5.74, 6) is 0.562. The van der Waals surface area contributed by atoms with Crippen molar-refractivity contribution >= 4 is 9.84 Å². The Balaban J connectivity index is 2.47. The lowest BCUT2D eigenvalue weighted by Crippen LogP contribution is -2.46. The van der Waals surface area contributed by atoms with Gasteiger partial charge in [0.2, 0.25) is 0 Å². The molecule has 1 fully saturated rings. The van der Waals surface area contributed by atoms with Gasteiger partial charge in [-0.05, 0) is 43.9 Å². The van der Waals surface area contributed by atoms with Gasteiger partial charge in [-0.1, -0.05) is 20.8 Å². The maximum atomic E-state index is 11.7. The lowest BCUT2D eigenvalue weighted by atomic mass is 9.69. The molecule has 0 atom stereocenters. The van der Waals surface area contributed by atoms with Crippen molar-refractivity contribution < 1.29 is 8.42 Å². The summed E-state index contributed by atoms with van der Waals surface area (Å²) >= 11 is 0. The minimum atomic E-state index is -2.88. The van der Waals surface area contributed by atoms with E-state index in [0.29, 0.717) is 24.0 Å². The zero-order valence-electron chi connectivity index (χ0n) is 11.5. The van der Waals surface area contributed by atoms with Crippen molar-refractivity contribution in [2.75, 3.05) is 11.5 Å². The predicted molar refractivity (Wildman–Crippen MR) is 72.7 cm³/mol. The Bertz CT molecular complexity index is 336. The van der Waals surface area contributed by atoms with Crippen LogP contribution in [-0.2, 0) is 9.84 Å². The number of nitrogens with two attached hydrogens (primary N) is 1. The van der Waals surface area contributed by atoms with Gasteiger partial charge in [-0.2, -0.15) is 0 Å². The molecule has 0 heterocycles. The zero-order valence-corrected chi connectivity index (χ0v) is 12.3. The predicted octanol–water partition coefficient (Wildman–Crippen LogP) is 2.50. The Hall–Kier alpha value is -0.0900. The first kappa shape index (κ1) is 15.0. The van der Waals surface area contributed by atoms with Gasteiger partial charge >= 0.3 is 0 Å². The topological polar surface area (TPSA) is 60.2 Å². The summed E-state index contributed by atoms with van der Waals surface area (Å²) in [6.07, 6.45) is 5.47. The fraction of sp³-hybridized carbons (Fsp3) is 1.00. The summed E-state index contributed by atoms with van der Waals surface area (Å²) in [6, 6.07) is 0. The van der Waals surface area contributed by atoms with Crippen molar-refractivity contribution in [2.45, 2.75) is 64.8 Å². The van der Waals surface area contributed by atoms with E-state index in [4.69, 9.17) is 5.73 Å². The van der Waals surface area contributed by atoms with Crippen molar-refractivity contribution in [2.24, 2.45) is 11.1 Å². The smallest absolute Gasteiger partial charge is 0.150 e. The Labute approximate surface area is 106 Å². The molecule has 0 aromatic rings. The monoisotopic (exact) mass is 261 g/mol. The van der Waals surface area contributed by atoms with Gasteiger partial charge in [-0.15, -0.1) is 0 Å². The van der Waals surface area contributed by atoms with Gasteiger partial charge in [0.1, 0.15) is 9.84 Å². The van der Waals surface area contributed by atoms with Crippen LogP contribution in [0.2, 0.25) is 0 Å². The molecule has 0 spiro atoms. The second-order valence-corrected chi connectivity index (χ2v) is 8.73. The van der Waals surface area contributed by atoms with Crippen LogP contribution in [0, 0.1) is 5.41 Å². The van der Waals surface area contributed by atoms with Crippen LogP contribution in [0.1, 0.15) is 59.3 Å². The van der Waals surface area contributed by atoms with Gasteiger partial charge in [-0.3, -0.25) is 0 Å². The van der Waals surface area contributed by atoms with Crippen molar-refractivity contribution in [3.05, 3.63) is 0 Å². The molecule has 1 rings (SSSR count). The Kier molecular flexibility index (Phi) is 4.64. The van der Waals surface area contributed by atoms with E-state index in [-0.39, 0.29) is 11.3 Å². The Morgan fingerprint density at radius 3 is 2.06 bits per heavy atom. The lowest BCUT2D eigenvalue weighted by molar-refractivity contribution is 0.162. The number of rotatable bonds is 5. The van der Waals surface area contributed by atoms with E-state index in [1.165, 1.54) is 0 Å². The van der Waals surface area contributed by atoms with E-state index >= 15 is 0 Å². The van der Waals surface area contributed by atoms with Crippen molar-refractivity contribution in [3.63, 3.8) is 0 Å². The number of hydrogen-bond donors (Lipinski definition) is 1. The SMILES string of the molecule is CCCS(=O)(=O)CCC1(N)CCC(C)(C)CC1. The first-order valence-corrected chi connectivity index (χ1v) is 8.50. The fourth-order valence-corrected chi connectivity index (χ4v) is 3.99. The Morgan fingerprint density at radius 1 is 1.06 bits per heavy atom.